The Morgan fingerprint density at radius 2 is 2.31 bits per heavy atom. The minimum Gasteiger partial charge on any atom is -0.494 e. The number of ether oxygens (including phenoxy) is 1. The first-order chi connectivity index (χ1) is 6.27. The van der Waals surface area contributed by atoms with Crippen molar-refractivity contribution in [3.63, 3.8) is 0 Å². The maximum absolute atomic E-state index is 9.21. The second kappa shape index (κ2) is 5.12. The van der Waals surface area contributed by atoms with Gasteiger partial charge in [0.05, 0.1) is 6.61 Å². The van der Waals surface area contributed by atoms with E-state index in [0.717, 1.165) is 0 Å². The average Bonchev–Trinajstić information content (AvgIpc) is 2.18. The lowest BCUT2D eigenvalue weighted by molar-refractivity contribution is 0.340. The molecule has 0 aromatic heterocycles. The highest BCUT2D eigenvalue weighted by atomic mass is 35.5. The van der Waals surface area contributed by atoms with Crippen LogP contribution in [0.5, 0.6) is 5.75 Å². The zero-order valence-electron chi connectivity index (χ0n) is 7.24. The summed E-state index contributed by atoms with van der Waals surface area (Å²) in [4.78, 5) is 0. The van der Waals surface area contributed by atoms with Crippen LogP contribution in [0.25, 0.3) is 0 Å². The minimum atomic E-state index is -1.11. The van der Waals surface area contributed by atoms with Gasteiger partial charge in [-0.3, -0.25) is 0 Å². The Kier molecular flexibility index (Phi) is 4.08. The molecular weight excluding hydrogens is 190 g/mol. The van der Waals surface area contributed by atoms with E-state index >= 15 is 0 Å². The lowest BCUT2D eigenvalue weighted by Crippen LogP contribution is -2.30. The van der Waals surface area contributed by atoms with Crippen molar-refractivity contribution < 1.29 is 14.0 Å². The van der Waals surface area contributed by atoms with Crippen LogP contribution in [0.4, 0.5) is 0 Å². The fraction of sp³-hybridized carbons (Fsp3) is 0.250. The van der Waals surface area contributed by atoms with Gasteiger partial charge < -0.3 is 14.0 Å². The Morgan fingerprint density at radius 3 is 2.92 bits per heavy atom. The molecule has 0 heterocycles. The van der Waals surface area contributed by atoms with Crippen LogP contribution >= 0.6 is 11.9 Å². The van der Waals surface area contributed by atoms with Gasteiger partial charge in [0.1, 0.15) is 5.75 Å². The van der Waals surface area contributed by atoms with Crippen LogP contribution in [0.15, 0.2) is 24.3 Å². The van der Waals surface area contributed by atoms with Gasteiger partial charge in [0.25, 0.3) is 0 Å². The van der Waals surface area contributed by atoms with E-state index < -0.39 is 7.12 Å². The molecule has 1 aromatic rings. The van der Waals surface area contributed by atoms with Gasteiger partial charge in [0.15, 0.2) is 0 Å². The molecule has 0 saturated carbocycles. The van der Waals surface area contributed by atoms with Gasteiger partial charge in [-0.25, -0.2) is 0 Å². The molecule has 0 unspecified atom stereocenters. The van der Waals surface area contributed by atoms with E-state index in [1.54, 1.807) is 24.3 Å². The van der Waals surface area contributed by atoms with Gasteiger partial charge in [-0.15, -0.1) is 0 Å². The van der Waals surface area contributed by atoms with Crippen LogP contribution in [0.3, 0.4) is 0 Å². The topological polar surface area (TPSA) is 38.7 Å². The molecule has 5 heteroatoms. The van der Waals surface area contributed by atoms with Gasteiger partial charge in [-0.05, 0) is 24.5 Å². The van der Waals surface area contributed by atoms with Crippen LogP contribution in [0, 0.1) is 0 Å². The fourth-order valence-corrected chi connectivity index (χ4v) is 1.08. The Balaban J connectivity index is 2.78. The predicted molar refractivity (Wildman–Crippen MR) is 52.2 cm³/mol. The third kappa shape index (κ3) is 2.92. The summed E-state index contributed by atoms with van der Waals surface area (Å²) in [7, 11) is -1.11. The van der Waals surface area contributed by atoms with E-state index in [1.807, 2.05) is 6.92 Å². The molecule has 13 heavy (non-hydrogen) atoms. The summed E-state index contributed by atoms with van der Waals surface area (Å²) in [6.45, 7) is 2.47. The normalized spacial score (nSPS) is 9.77. The summed E-state index contributed by atoms with van der Waals surface area (Å²) >= 11 is 5.03. The van der Waals surface area contributed by atoms with Crippen molar-refractivity contribution in [1.82, 2.24) is 0 Å². The van der Waals surface area contributed by atoms with Gasteiger partial charge in [0.2, 0.25) is 0 Å². The maximum Gasteiger partial charge on any atom is 0.508 e. The second-order valence-corrected chi connectivity index (χ2v) is 2.63. The van der Waals surface area contributed by atoms with Crippen LogP contribution in [-0.4, -0.2) is 18.7 Å². The lowest BCUT2D eigenvalue weighted by atomic mass is 9.80. The van der Waals surface area contributed by atoms with Gasteiger partial charge in [-0.1, -0.05) is 12.1 Å². The van der Waals surface area contributed by atoms with E-state index in [1.165, 1.54) is 0 Å². The smallest absolute Gasteiger partial charge is 0.494 e. The zero-order chi connectivity index (χ0) is 9.68. The Morgan fingerprint density at radius 1 is 1.54 bits per heavy atom. The number of hydrogen-bond donors (Lipinski definition) is 1. The van der Waals surface area contributed by atoms with Crippen molar-refractivity contribution in [3.8, 4) is 5.75 Å². The highest BCUT2D eigenvalue weighted by molar-refractivity contribution is 6.63. The third-order valence-corrected chi connectivity index (χ3v) is 1.71. The summed E-state index contributed by atoms with van der Waals surface area (Å²) in [6.07, 6.45) is 0. The molecule has 1 rings (SSSR count). The predicted octanol–water partition coefficient (Wildman–Crippen LogP) is 0.943. The van der Waals surface area contributed by atoms with Crippen molar-refractivity contribution in [2.45, 2.75) is 6.92 Å². The van der Waals surface area contributed by atoms with Crippen molar-refractivity contribution in [2.24, 2.45) is 0 Å². The fourth-order valence-electron chi connectivity index (χ4n) is 0.976. The van der Waals surface area contributed by atoms with E-state index in [2.05, 4.69) is 4.21 Å². The minimum absolute atomic E-state index is 0.570. The van der Waals surface area contributed by atoms with E-state index in [9.17, 15) is 5.02 Å². The number of rotatable bonds is 4. The van der Waals surface area contributed by atoms with Crippen molar-refractivity contribution in [2.75, 3.05) is 6.61 Å². The van der Waals surface area contributed by atoms with Crippen LogP contribution < -0.4 is 10.2 Å². The highest BCUT2D eigenvalue weighted by Gasteiger charge is 2.15. The number of halogens is 1. The molecule has 0 saturated heterocycles. The number of benzene rings is 1. The molecule has 0 amide bonds. The Bertz CT molecular complexity index is 269. The van der Waals surface area contributed by atoms with Crippen LogP contribution in [0.2, 0.25) is 0 Å². The molecule has 0 radical (unpaired) electrons. The monoisotopic (exact) mass is 200 g/mol. The second-order valence-electron chi connectivity index (χ2n) is 2.45. The molecule has 0 aliphatic heterocycles. The van der Waals surface area contributed by atoms with Crippen LogP contribution in [-0.2, 0) is 4.21 Å². The summed E-state index contributed by atoms with van der Waals surface area (Å²) in [5.41, 5.74) is 0.570. The first kappa shape index (κ1) is 10.4. The number of hydrogen-bond acceptors (Lipinski definition) is 3. The first-order valence-electron chi connectivity index (χ1n) is 3.96. The molecule has 3 nitrogen and oxygen atoms in total. The molecule has 0 fully saturated rings. The lowest BCUT2D eigenvalue weighted by Gasteiger charge is -2.05. The van der Waals surface area contributed by atoms with Gasteiger partial charge >= 0.3 is 7.12 Å². The molecule has 0 aliphatic rings. The standard InChI is InChI=1S/C8H10BClO3/c1-2-12-8-5-3-4-7(6-8)9(11)13-10/h3-6,11H,2H2,1H3. The molecule has 1 aromatic carbocycles. The molecular formula is C8H10BClO3. The molecule has 0 spiro atoms. The van der Waals surface area contributed by atoms with Crippen molar-refractivity contribution in [3.05, 3.63) is 24.3 Å². The van der Waals surface area contributed by atoms with E-state index in [-0.39, 0.29) is 0 Å². The third-order valence-electron chi connectivity index (χ3n) is 1.54. The zero-order valence-corrected chi connectivity index (χ0v) is 7.99. The van der Waals surface area contributed by atoms with E-state index in [4.69, 9.17) is 16.6 Å². The molecule has 0 aliphatic carbocycles. The SMILES string of the molecule is CCOc1cccc(B(O)OCl)c1. The molecule has 0 atom stereocenters. The van der Waals surface area contributed by atoms with Crippen LogP contribution in [0.1, 0.15) is 6.92 Å². The van der Waals surface area contributed by atoms with Gasteiger partial charge in [-0.2, -0.15) is 0 Å². The summed E-state index contributed by atoms with van der Waals surface area (Å²) in [6, 6.07) is 6.94. The van der Waals surface area contributed by atoms with Gasteiger partial charge in [0, 0.05) is 11.9 Å². The van der Waals surface area contributed by atoms with E-state index in [0.29, 0.717) is 17.8 Å². The Labute approximate surface area is 82.6 Å². The average molecular weight is 200 g/mol. The largest absolute Gasteiger partial charge is 0.508 e. The quantitative estimate of drug-likeness (QED) is 0.735. The summed E-state index contributed by atoms with van der Waals surface area (Å²) < 4.78 is 9.47. The molecule has 1 N–H and O–H groups in total. The molecule has 70 valence electrons. The van der Waals surface area contributed by atoms with Crippen molar-refractivity contribution >= 4 is 24.4 Å². The summed E-state index contributed by atoms with van der Waals surface area (Å²) in [5.74, 6) is 0.688. The highest BCUT2D eigenvalue weighted by Crippen LogP contribution is 2.07. The van der Waals surface area contributed by atoms with Crippen molar-refractivity contribution in [1.29, 1.82) is 0 Å². The molecule has 0 bridgehead atoms. The summed E-state index contributed by atoms with van der Waals surface area (Å²) in [5, 5.41) is 9.21. The Hall–Kier alpha value is -0.705. The first-order valence-corrected chi connectivity index (χ1v) is 4.27. The maximum atomic E-state index is 9.21.